The first-order chi connectivity index (χ1) is 37.3. The van der Waals surface area contributed by atoms with Gasteiger partial charge in [0.2, 0.25) is 0 Å². The minimum absolute atomic E-state index is 0. The van der Waals surface area contributed by atoms with Gasteiger partial charge in [0.1, 0.15) is 0 Å². The van der Waals surface area contributed by atoms with Crippen LogP contribution >= 0.6 is 0 Å². The Morgan fingerprint density at radius 1 is 0.346 bits per heavy atom. The van der Waals surface area contributed by atoms with Crippen molar-refractivity contribution in [2.24, 2.45) is 0 Å². The molecule has 0 aliphatic carbocycles. The summed E-state index contributed by atoms with van der Waals surface area (Å²) in [7, 11) is 0. The molecule has 0 amide bonds. The first-order valence-electron chi connectivity index (χ1n) is 25.6. The summed E-state index contributed by atoms with van der Waals surface area (Å²) in [5.41, 5.74) is 26.7. The number of aryl methyl sites for hydroxylation is 4. The van der Waals surface area contributed by atoms with Gasteiger partial charge in [-0.25, -0.2) is 0 Å². The van der Waals surface area contributed by atoms with Crippen LogP contribution in [-0.2, 0) is 42.1 Å². The minimum atomic E-state index is -0.108. The molecule has 8 heterocycles. The Balaban J connectivity index is 0.000000145. The van der Waals surface area contributed by atoms with Crippen LogP contribution in [0.5, 0.6) is 0 Å². The van der Waals surface area contributed by atoms with Crippen molar-refractivity contribution in [3.63, 3.8) is 0 Å². The average Bonchev–Trinajstić information content (AvgIpc) is 3.76. The van der Waals surface area contributed by atoms with Crippen LogP contribution in [0.25, 0.3) is 67.3 Å². The Labute approximate surface area is 482 Å². The van der Waals surface area contributed by atoms with Crippen LogP contribution in [0, 0.1) is 52.0 Å². The van der Waals surface area contributed by atoms with Gasteiger partial charge < -0.3 is 9.62 Å². The predicted octanol–water partition coefficient (Wildman–Crippen LogP) is 10.4. The van der Waals surface area contributed by atoms with Crippen LogP contribution in [0.3, 0.4) is 0 Å². The van der Waals surface area contributed by atoms with E-state index in [1.165, 1.54) is 67.3 Å². The SMILES string of the molecule is Cc1cc(C)n(-c2[c-]c3c(cc2)-c2ccccc2N2B3c3[c-]c(-n4nc(C)cc4C)ccc3-c3ccccc32)n1.[Pt+2].[Pt+2].[c-]1c(-n2cccn2)ccc2c1B1c3[c-]c(-n4cccn4)ccc3-c3ccccc3N1c1ccccc1-2. The molecule has 0 radical (unpaired) electrons. The van der Waals surface area contributed by atoms with Crippen molar-refractivity contribution in [3.05, 3.63) is 242 Å². The summed E-state index contributed by atoms with van der Waals surface area (Å²) in [5.74, 6) is 0. The molecule has 16 rings (SSSR count). The van der Waals surface area contributed by atoms with Crippen LogP contribution in [0.15, 0.2) is 195 Å². The molecule has 8 aromatic carbocycles. The number of anilines is 4. The molecule has 0 N–H and O–H groups in total. The summed E-state index contributed by atoms with van der Waals surface area (Å²) < 4.78 is 7.72. The predicted molar refractivity (Wildman–Crippen MR) is 305 cm³/mol. The van der Waals surface area contributed by atoms with Crippen molar-refractivity contribution in [1.29, 1.82) is 0 Å². The molecule has 0 saturated carbocycles. The summed E-state index contributed by atoms with van der Waals surface area (Å²) in [5, 5.41) is 18.5. The molecule has 0 fully saturated rings. The van der Waals surface area contributed by atoms with E-state index in [4.69, 9.17) is 10.2 Å². The van der Waals surface area contributed by atoms with Crippen molar-refractivity contribution >= 4 is 58.3 Å². The maximum absolute atomic E-state index is 4.78. The Morgan fingerprint density at radius 3 is 0.949 bits per heavy atom. The molecule has 4 aromatic heterocycles. The number of nitrogens with zero attached hydrogens (tertiary/aromatic N) is 10. The number of aromatic nitrogens is 8. The number of para-hydroxylation sites is 4. The van der Waals surface area contributed by atoms with Crippen molar-refractivity contribution < 1.29 is 42.1 Å². The van der Waals surface area contributed by atoms with Gasteiger partial charge in [0.25, 0.3) is 13.7 Å². The normalized spacial score (nSPS) is 12.6. The Hall–Kier alpha value is -8.29. The van der Waals surface area contributed by atoms with E-state index >= 15 is 0 Å². The molecule has 4 aliphatic rings. The van der Waals surface area contributed by atoms with Crippen molar-refractivity contribution in [1.82, 2.24) is 39.1 Å². The Kier molecular flexibility index (Phi) is 12.2. The van der Waals surface area contributed by atoms with Gasteiger partial charge in [-0.3, -0.25) is 18.7 Å². The smallest absolute Gasteiger partial charge is 0.381 e. The molecule has 12 aromatic rings. The third-order valence-corrected chi connectivity index (χ3v) is 15.2. The number of fused-ring (bicyclic) bond motifs is 22. The van der Waals surface area contributed by atoms with Crippen LogP contribution in [0.2, 0.25) is 0 Å². The van der Waals surface area contributed by atoms with E-state index in [0.29, 0.717) is 0 Å². The fourth-order valence-electron chi connectivity index (χ4n) is 12.1. The molecule has 0 unspecified atom stereocenters. The quantitative estimate of drug-likeness (QED) is 0.129. The van der Waals surface area contributed by atoms with E-state index in [0.717, 1.165) is 67.4 Å². The second-order valence-electron chi connectivity index (χ2n) is 19.9. The molecule has 0 atom stereocenters. The van der Waals surface area contributed by atoms with Gasteiger partial charge in [-0.1, -0.05) is 95.1 Å². The monoisotopic (exact) mass is 1360 g/mol. The molecule has 78 heavy (non-hydrogen) atoms. The minimum Gasteiger partial charge on any atom is -0.381 e. The van der Waals surface area contributed by atoms with Gasteiger partial charge in [-0.2, -0.15) is 90.8 Å². The first kappa shape index (κ1) is 49.3. The van der Waals surface area contributed by atoms with Gasteiger partial charge in [-0.05, 0) is 99.0 Å². The zero-order valence-electron chi connectivity index (χ0n) is 42.7. The molecule has 376 valence electrons. The molecular weight excluding hydrogens is 1320 g/mol. The molecule has 0 spiro atoms. The van der Waals surface area contributed by atoms with Gasteiger partial charge in [0, 0.05) is 58.9 Å². The van der Waals surface area contributed by atoms with E-state index in [9.17, 15) is 0 Å². The van der Waals surface area contributed by atoms with Gasteiger partial charge in [-0.15, -0.1) is 46.5 Å². The molecular formula is C64H44B2N10Pt2. The van der Waals surface area contributed by atoms with Crippen LogP contribution < -0.4 is 31.5 Å². The van der Waals surface area contributed by atoms with Crippen molar-refractivity contribution in [2.75, 3.05) is 9.62 Å². The molecule has 10 nitrogen and oxygen atoms in total. The van der Waals surface area contributed by atoms with Gasteiger partial charge in [0.05, 0.1) is 11.4 Å². The van der Waals surface area contributed by atoms with E-state index in [-0.39, 0.29) is 55.8 Å². The standard InChI is InChI=1S/C34H26BN5.C30H18BN5.2Pt/c1-21-17-23(3)39(36-21)25-13-15-27-29-9-5-7-11-33(29)38-34-12-8-6-10-30(34)28-16-14-26(40-24(4)18-22(2)37-40)20-32(28)35(38)31(27)19-25;1-3-9-29-25(7-1)23-13-11-21(34-17-5-15-32-34)19-27(23)31-28-20-22(35-18-6-16-33-35)12-14-24(28)26-8-2-4-10-30(26)36(29)31;;/h5-18H,1-4H3;1-18H;;/q2*-2;2*+2. The van der Waals surface area contributed by atoms with Crippen LogP contribution in [-0.4, -0.2) is 52.8 Å². The third-order valence-electron chi connectivity index (χ3n) is 15.2. The van der Waals surface area contributed by atoms with Gasteiger partial charge >= 0.3 is 42.1 Å². The van der Waals surface area contributed by atoms with E-state index in [2.05, 4.69) is 216 Å². The fraction of sp³-hybridized carbons (Fsp3) is 0.0625. The average molecular weight is 1360 g/mol. The first-order valence-corrected chi connectivity index (χ1v) is 25.6. The number of hydrogen-bond acceptors (Lipinski definition) is 6. The largest absolute Gasteiger partial charge is 2.00 e. The zero-order chi connectivity index (χ0) is 50.8. The molecule has 0 saturated heterocycles. The Bertz CT molecular complexity index is 4030. The summed E-state index contributed by atoms with van der Waals surface area (Å²) in [6.07, 6.45) is 7.51. The van der Waals surface area contributed by atoms with E-state index in [1.54, 1.807) is 12.4 Å². The molecule has 14 heteroatoms. The zero-order valence-corrected chi connectivity index (χ0v) is 47.3. The van der Waals surface area contributed by atoms with E-state index < -0.39 is 0 Å². The van der Waals surface area contributed by atoms with E-state index in [1.807, 2.05) is 57.1 Å². The van der Waals surface area contributed by atoms with Crippen molar-refractivity contribution in [2.45, 2.75) is 27.7 Å². The third kappa shape index (κ3) is 7.71. The molecule has 0 bridgehead atoms. The topological polar surface area (TPSA) is 77.8 Å². The number of rotatable bonds is 4. The molecule has 4 aliphatic heterocycles. The second kappa shape index (κ2) is 19.3. The number of benzene rings is 8. The number of hydrogen-bond donors (Lipinski definition) is 0. The summed E-state index contributed by atoms with van der Waals surface area (Å²) in [6.45, 7) is 8.05. The fourth-order valence-corrected chi connectivity index (χ4v) is 12.1. The van der Waals surface area contributed by atoms with Crippen molar-refractivity contribution in [3.8, 4) is 67.3 Å². The second-order valence-corrected chi connectivity index (χ2v) is 19.9. The maximum atomic E-state index is 4.78. The Morgan fingerprint density at radius 2 is 0.654 bits per heavy atom. The van der Waals surface area contributed by atoms with Crippen LogP contribution in [0.1, 0.15) is 22.8 Å². The van der Waals surface area contributed by atoms with Gasteiger partial charge in [0.15, 0.2) is 0 Å². The summed E-state index contributed by atoms with van der Waals surface area (Å²) >= 11 is 0. The van der Waals surface area contributed by atoms with Crippen LogP contribution in [0.4, 0.5) is 22.7 Å². The summed E-state index contributed by atoms with van der Waals surface area (Å²) in [6, 6.07) is 75.3. The maximum Gasteiger partial charge on any atom is 2.00 e. The summed E-state index contributed by atoms with van der Waals surface area (Å²) in [4.78, 5) is 4.92.